The lowest BCUT2D eigenvalue weighted by Gasteiger charge is -2.38. The van der Waals surface area contributed by atoms with Gasteiger partial charge in [0.2, 0.25) is 5.91 Å². The quantitative estimate of drug-likeness (QED) is 0.748. The minimum atomic E-state index is -0.362. The van der Waals surface area contributed by atoms with E-state index in [1.807, 2.05) is 44.2 Å². The molecule has 2 fully saturated rings. The van der Waals surface area contributed by atoms with Crippen LogP contribution in [0.1, 0.15) is 17.5 Å². The first-order valence-corrected chi connectivity index (χ1v) is 10.1. The van der Waals surface area contributed by atoms with E-state index in [2.05, 4.69) is 21.9 Å². The summed E-state index contributed by atoms with van der Waals surface area (Å²) in [5.74, 6) is 0.648. The minimum absolute atomic E-state index is 0.0923. The summed E-state index contributed by atoms with van der Waals surface area (Å²) >= 11 is 0. The Balaban J connectivity index is 1.45. The van der Waals surface area contributed by atoms with Gasteiger partial charge in [0.15, 0.2) is 0 Å². The van der Waals surface area contributed by atoms with Crippen LogP contribution in [0.25, 0.3) is 0 Å². The molecule has 2 aliphatic heterocycles. The number of amides is 2. The monoisotopic (exact) mass is 393 g/mol. The number of aryl methyl sites for hydroxylation is 2. The van der Waals surface area contributed by atoms with Crippen LogP contribution in [0.5, 0.6) is 5.75 Å². The minimum Gasteiger partial charge on any atom is -0.497 e. The highest BCUT2D eigenvalue weighted by molar-refractivity contribution is 6.23. The molecule has 1 atom stereocenters. The van der Waals surface area contributed by atoms with Gasteiger partial charge in [-0.3, -0.25) is 14.5 Å². The Bertz CT molecular complexity index is 897. The number of hydrogen-bond donors (Lipinski definition) is 0. The molecule has 152 valence electrons. The summed E-state index contributed by atoms with van der Waals surface area (Å²) in [6.45, 7) is 7.07. The number of benzene rings is 2. The fraction of sp³-hybridized carbons (Fsp3) is 0.391. The molecule has 0 saturated carbocycles. The molecule has 0 radical (unpaired) electrons. The molecule has 0 spiro atoms. The lowest BCUT2D eigenvalue weighted by Crippen LogP contribution is -2.52. The fourth-order valence-corrected chi connectivity index (χ4v) is 4.38. The van der Waals surface area contributed by atoms with Gasteiger partial charge in [-0.25, -0.2) is 4.90 Å². The average molecular weight is 393 g/mol. The molecule has 4 rings (SSSR count). The third-order valence-corrected chi connectivity index (χ3v) is 5.98. The predicted octanol–water partition coefficient (Wildman–Crippen LogP) is 2.77. The maximum absolute atomic E-state index is 13.2. The molecule has 6 heteroatoms. The van der Waals surface area contributed by atoms with Crippen LogP contribution in [0.3, 0.4) is 0 Å². The Kier molecular flexibility index (Phi) is 5.28. The Morgan fingerprint density at radius 2 is 1.52 bits per heavy atom. The maximum Gasteiger partial charge on any atom is 0.251 e. The Labute approximate surface area is 171 Å². The first-order chi connectivity index (χ1) is 14.0. The number of carbonyl (C=O) groups excluding carboxylic acids is 2. The zero-order valence-electron chi connectivity index (χ0n) is 17.2. The summed E-state index contributed by atoms with van der Waals surface area (Å²) in [5, 5.41) is 0. The summed E-state index contributed by atoms with van der Waals surface area (Å²) in [6.07, 6.45) is 0.259. The van der Waals surface area contributed by atoms with Crippen LogP contribution in [-0.4, -0.2) is 56.0 Å². The summed E-state index contributed by atoms with van der Waals surface area (Å²) in [5.41, 5.74) is 3.81. The van der Waals surface area contributed by atoms with E-state index in [-0.39, 0.29) is 24.3 Å². The van der Waals surface area contributed by atoms with Crippen molar-refractivity contribution in [1.82, 2.24) is 4.90 Å². The normalized spacial score (nSPS) is 20.4. The van der Waals surface area contributed by atoms with Gasteiger partial charge in [-0.05, 0) is 49.2 Å². The molecule has 2 aromatic carbocycles. The lowest BCUT2D eigenvalue weighted by atomic mass is 10.1. The van der Waals surface area contributed by atoms with Crippen LogP contribution in [0.15, 0.2) is 42.5 Å². The summed E-state index contributed by atoms with van der Waals surface area (Å²) < 4.78 is 5.23. The van der Waals surface area contributed by atoms with Gasteiger partial charge in [0.25, 0.3) is 5.91 Å². The number of anilines is 2. The second-order valence-electron chi connectivity index (χ2n) is 7.75. The standard InChI is InChI=1S/C23H27N3O3/c1-16-5-4-6-17(2)22(16)26-21(27)15-20(23(26)28)25-13-11-24(12-14-25)18-7-9-19(29-3)10-8-18/h4-10,20H,11-15H2,1-3H3/t20-/m0/s1. The number of carbonyl (C=O) groups is 2. The zero-order valence-corrected chi connectivity index (χ0v) is 17.2. The van der Waals surface area contributed by atoms with Crippen molar-refractivity contribution in [2.24, 2.45) is 0 Å². The SMILES string of the molecule is COc1ccc(N2CCN([C@H]3CC(=O)N(c4c(C)cccc4C)C3=O)CC2)cc1. The molecule has 2 aromatic rings. The number of hydrogen-bond acceptors (Lipinski definition) is 5. The van der Waals surface area contributed by atoms with Gasteiger partial charge in [-0.15, -0.1) is 0 Å². The molecule has 0 aromatic heterocycles. The van der Waals surface area contributed by atoms with E-state index in [1.165, 1.54) is 4.90 Å². The highest BCUT2D eigenvalue weighted by Crippen LogP contribution is 2.32. The number of nitrogens with zero attached hydrogens (tertiary/aromatic N) is 3. The number of methoxy groups -OCH3 is 1. The van der Waals surface area contributed by atoms with E-state index >= 15 is 0 Å². The molecule has 2 amide bonds. The molecule has 2 heterocycles. The topological polar surface area (TPSA) is 53.1 Å². The first-order valence-electron chi connectivity index (χ1n) is 10.1. The van der Waals surface area contributed by atoms with Crippen LogP contribution >= 0.6 is 0 Å². The highest BCUT2D eigenvalue weighted by Gasteiger charge is 2.44. The fourth-order valence-electron chi connectivity index (χ4n) is 4.38. The van der Waals surface area contributed by atoms with E-state index in [9.17, 15) is 9.59 Å². The zero-order chi connectivity index (χ0) is 20.5. The number of rotatable bonds is 4. The number of imide groups is 1. The molecule has 29 heavy (non-hydrogen) atoms. The molecule has 0 unspecified atom stereocenters. The van der Waals surface area contributed by atoms with E-state index < -0.39 is 0 Å². The summed E-state index contributed by atoms with van der Waals surface area (Å²) in [4.78, 5) is 31.8. The second-order valence-corrected chi connectivity index (χ2v) is 7.75. The average Bonchev–Trinajstić information content (AvgIpc) is 3.03. The first kappa shape index (κ1) is 19.5. The maximum atomic E-state index is 13.2. The number of ether oxygens (including phenoxy) is 1. The van der Waals surface area contributed by atoms with Gasteiger partial charge in [-0.1, -0.05) is 18.2 Å². The predicted molar refractivity (Wildman–Crippen MR) is 114 cm³/mol. The molecule has 0 bridgehead atoms. The van der Waals surface area contributed by atoms with Crippen LogP contribution < -0.4 is 14.5 Å². The third kappa shape index (κ3) is 3.60. The summed E-state index contributed by atoms with van der Waals surface area (Å²) in [6, 6.07) is 13.5. The van der Waals surface area contributed by atoms with Gasteiger partial charge in [0.05, 0.1) is 25.3 Å². The van der Waals surface area contributed by atoms with E-state index in [0.29, 0.717) is 0 Å². The van der Waals surface area contributed by atoms with Crippen LogP contribution in [0.2, 0.25) is 0 Å². The molecular formula is C23H27N3O3. The van der Waals surface area contributed by atoms with Crippen LogP contribution in [0.4, 0.5) is 11.4 Å². The van der Waals surface area contributed by atoms with Gasteiger partial charge < -0.3 is 9.64 Å². The Hall–Kier alpha value is -2.86. The van der Waals surface area contributed by atoms with Crippen molar-refractivity contribution in [1.29, 1.82) is 0 Å². The van der Waals surface area contributed by atoms with E-state index in [4.69, 9.17) is 4.74 Å². The van der Waals surface area contributed by atoms with Crippen molar-refractivity contribution < 1.29 is 14.3 Å². The molecular weight excluding hydrogens is 366 g/mol. The molecule has 2 saturated heterocycles. The number of piperazine rings is 1. The van der Waals surface area contributed by atoms with E-state index in [1.54, 1.807) is 7.11 Å². The largest absolute Gasteiger partial charge is 0.497 e. The Morgan fingerprint density at radius 1 is 0.897 bits per heavy atom. The van der Waals surface area contributed by atoms with Crippen molar-refractivity contribution in [3.63, 3.8) is 0 Å². The van der Waals surface area contributed by atoms with Crippen molar-refractivity contribution >= 4 is 23.2 Å². The summed E-state index contributed by atoms with van der Waals surface area (Å²) in [7, 11) is 1.66. The van der Waals surface area contributed by atoms with Crippen LogP contribution in [-0.2, 0) is 9.59 Å². The van der Waals surface area contributed by atoms with Crippen molar-refractivity contribution in [3.8, 4) is 5.75 Å². The second kappa shape index (κ2) is 7.87. The molecule has 2 aliphatic rings. The number of para-hydroxylation sites is 1. The van der Waals surface area contributed by atoms with Crippen LogP contribution in [0, 0.1) is 13.8 Å². The van der Waals surface area contributed by atoms with Gasteiger partial charge >= 0.3 is 0 Å². The molecule has 6 nitrogen and oxygen atoms in total. The molecule has 0 N–H and O–H groups in total. The highest BCUT2D eigenvalue weighted by atomic mass is 16.5. The van der Waals surface area contributed by atoms with Crippen molar-refractivity contribution in [3.05, 3.63) is 53.6 Å². The van der Waals surface area contributed by atoms with Crippen molar-refractivity contribution in [2.75, 3.05) is 43.1 Å². The smallest absolute Gasteiger partial charge is 0.251 e. The molecule has 0 aliphatic carbocycles. The van der Waals surface area contributed by atoms with E-state index in [0.717, 1.165) is 54.4 Å². The van der Waals surface area contributed by atoms with Gasteiger partial charge in [0, 0.05) is 31.9 Å². The third-order valence-electron chi connectivity index (χ3n) is 5.98. The van der Waals surface area contributed by atoms with Gasteiger partial charge in [-0.2, -0.15) is 0 Å². The van der Waals surface area contributed by atoms with Crippen molar-refractivity contribution in [2.45, 2.75) is 26.3 Å². The lowest BCUT2D eigenvalue weighted by molar-refractivity contribution is -0.123. The van der Waals surface area contributed by atoms with Gasteiger partial charge in [0.1, 0.15) is 5.75 Å². The Morgan fingerprint density at radius 3 is 2.10 bits per heavy atom.